The first-order chi connectivity index (χ1) is 11.8. The molecular weight excluding hydrogens is 304 g/mol. The molecule has 3 N–H and O–H groups in total. The Morgan fingerprint density at radius 2 is 2.12 bits per heavy atom. The van der Waals surface area contributed by atoms with Gasteiger partial charge in [0, 0.05) is 6.07 Å². The van der Waals surface area contributed by atoms with Gasteiger partial charge in [-0.3, -0.25) is 0 Å². The van der Waals surface area contributed by atoms with Crippen LogP contribution in [0.25, 0.3) is 22.4 Å². The van der Waals surface area contributed by atoms with E-state index in [1.54, 1.807) is 13.3 Å². The zero-order chi connectivity index (χ0) is 16.5. The Hall–Kier alpha value is -2.34. The third-order valence-corrected chi connectivity index (χ3v) is 4.99. The van der Waals surface area contributed by atoms with Crippen molar-refractivity contribution in [3.05, 3.63) is 30.5 Å². The lowest BCUT2D eigenvalue weighted by molar-refractivity contribution is 0.302. The Balaban J connectivity index is 1.72. The Morgan fingerprint density at radius 3 is 2.83 bits per heavy atom. The fourth-order valence-electron chi connectivity index (χ4n) is 3.64. The molecule has 0 unspecified atom stereocenters. The molecule has 0 radical (unpaired) electrons. The van der Waals surface area contributed by atoms with Crippen LogP contribution in [0.1, 0.15) is 44.0 Å². The maximum atomic E-state index is 6.48. The summed E-state index contributed by atoms with van der Waals surface area (Å²) in [6, 6.07) is 3.86. The van der Waals surface area contributed by atoms with Gasteiger partial charge in [0.05, 0.1) is 35.9 Å². The predicted molar refractivity (Wildman–Crippen MR) is 91.6 cm³/mol. The van der Waals surface area contributed by atoms with Gasteiger partial charge in [-0.25, -0.2) is 9.97 Å². The number of aromatic amines is 1. The molecule has 0 aliphatic heterocycles. The number of nitrogens with two attached hydrogens (primary N) is 1. The van der Waals surface area contributed by atoms with Crippen LogP contribution < -0.4 is 10.5 Å². The second kappa shape index (κ2) is 6.28. The fraction of sp³-hybridized carbons (Fsp3) is 0.444. The van der Waals surface area contributed by atoms with Crippen molar-refractivity contribution in [2.75, 3.05) is 7.11 Å². The minimum Gasteiger partial charge on any atom is -0.496 e. The molecule has 126 valence electrons. The van der Waals surface area contributed by atoms with Gasteiger partial charge in [0.15, 0.2) is 12.2 Å². The average Bonchev–Trinajstić information content (AvgIpc) is 3.29. The third kappa shape index (κ3) is 2.67. The topological polar surface area (TPSA) is 90.0 Å². The highest BCUT2D eigenvalue weighted by atomic mass is 16.5. The molecule has 1 fully saturated rings. The number of nitrogens with one attached hydrogen (secondary N) is 1. The maximum absolute atomic E-state index is 6.48. The van der Waals surface area contributed by atoms with Gasteiger partial charge in [-0.2, -0.15) is 0 Å². The quantitative estimate of drug-likeness (QED) is 0.761. The second-order valence-electron chi connectivity index (χ2n) is 6.48. The zero-order valence-corrected chi connectivity index (χ0v) is 13.8. The normalized spacial score (nSPS) is 17.2. The van der Waals surface area contributed by atoms with Gasteiger partial charge >= 0.3 is 0 Å². The van der Waals surface area contributed by atoms with E-state index in [0.717, 1.165) is 22.4 Å². The number of aromatic nitrogens is 3. The van der Waals surface area contributed by atoms with Crippen molar-refractivity contribution in [1.82, 2.24) is 15.0 Å². The first kappa shape index (κ1) is 15.2. The lowest BCUT2D eigenvalue weighted by Crippen LogP contribution is -2.24. The lowest BCUT2D eigenvalue weighted by atomic mass is 9.84. The van der Waals surface area contributed by atoms with Crippen molar-refractivity contribution in [2.24, 2.45) is 11.7 Å². The van der Waals surface area contributed by atoms with Crippen LogP contribution in [0.2, 0.25) is 0 Å². The Labute approximate surface area is 140 Å². The standard InChI is InChI=1S/C18H22N4O2/c1-23-15-8-14-13(7-12(15)16-9-20-10-24-16)21-18(22-14)17(19)11-5-3-2-4-6-11/h7-11,17H,2-6,19H2,1H3,(H,21,22)/t17-/m1/s1. The Kier molecular flexibility index (Phi) is 3.98. The van der Waals surface area contributed by atoms with E-state index in [-0.39, 0.29) is 6.04 Å². The van der Waals surface area contributed by atoms with E-state index < -0.39 is 0 Å². The van der Waals surface area contributed by atoms with Crippen LogP contribution in [0.15, 0.2) is 29.1 Å². The van der Waals surface area contributed by atoms with Crippen LogP contribution in [0, 0.1) is 5.92 Å². The zero-order valence-electron chi connectivity index (χ0n) is 13.8. The number of hydrogen-bond acceptors (Lipinski definition) is 5. The van der Waals surface area contributed by atoms with E-state index in [1.807, 2.05) is 12.1 Å². The van der Waals surface area contributed by atoms with Crippen LogP contribution in [0.5, 0.6) is 5.75 Å². The van der Waals surface area contributed by atoms with Gasteiger partial charge in [0.2, 0.25) is 0 Å². The summed E-state index contributed by atoms with van der Waals surface area (Å²) < 4.78 is 10.9. The highest BCUT2D eigenvalue weighted by molar-refractivity contribution is 5.85. The van der Waals surface area contributed by atoms with Crippen LogP contribution >= 0.6 is 0 Å². The number of fused-ring (bicyclic) bond motifs is 1. The summed E-state index contributed by atoms with van der Waals surface area (Å²) in [7, 11) is 1.64. The number of H-pyrrole nitrogens is 1. The molecule has 1 saturated carbocycles. The molecule has 0 amide bonds. The number of imidazole rings is 1. The number of nitrogens with zero attached hydrogens (tertiary/aromatic N) is 2. The number of rotatable bonds is 4. The Morgan fingerprint density at radius 1 is 1.29 bits per heavy atom. The van der Waals surface area contributed by atoms with Crippen LogP contribution in [-0.2, 0) is 0 Å². The predicted octanol–water partition coefficient (Wildman–Crippen LogP) is 3.81. The summed E-state index contributed by atoms with van der Waals surface area (Å²) in [6.07, 6.45) is 9.31. The van der Waals surface area contributed by atoms with E-state index in [1.165, 1.54) is 38.5 Å². The average molecular weight is 326 g/mol. The van der Waals surface area contributed by atoms with E-state index in [9.17, 15) is 0 Å². The van der Waals surface area contributed by atoms with Crippen molar-refractivity contribution < 1.29 is 9.15 Å². The van der Waals surface area contributed by atoms with Gasteiger partial charge in [-0.1, -0.05) is 19.3 Å². The van der Waals surface area contributed by atoms with Crippen LogP contribution in [0.4, 0.5) is 0 Å². The van der Waals surface area contributed by atoms with Crippen molar-refractivity contribution >= 4 is 11.0 Å². The minimum atomic E-state index is -0.0441. The summed E-state index contributed by atoms with van der Waals surface area (Å²) in [5, 5.41) is 0. The van der Waals surface area contributed by atoms with E-state index in [0.29, 0.717) is 17.4 Å². The number of hydrogen-bond donors (Lipinski definition) is 2. The molecule has 6 heteroatoms. The summed E-state index contributed by atoms with van der Waals surface area (Å²) in [5.41, 5.74) is 9.13. The van der Waals surface area contributed by atoms with E-state index in [2.05, 4.69) is 9.97 Å². The van der Waals surface area contributed by atoms with Gasteiger partial charge in [0.25, 0.3) is 0 Å². The van der Waals surface area contributed by atoms with Gasteiger partial charge in [-0.05, 0) is 24.8 Å². The fourth-order valence-corrected chi connectivity index (χ4v) is 3.64. The first-order valence-electron chi connectivity index (χ1n) is 8.48. The SMILES string of the molecule is COc1cc2nc([C@H](N)C3CCCCC3)[nH]c2cc1-c1cnco1. The van der Waals surface area contributed by atoms with Gasteiger partial charge in [0.1, 0.15) is 11.6 Å². The molecule has 3 aromatic rings. The maximum Gasteiger partial charge on any atom is 0.181 e. The molecule has 1 aromatic carbocycles. The molecule has 6 nitrogen and oxygen atoms in total. The number of benzene rings is 1. The summed E-state index contributed by atoms with van der Waals surface area (Å²) in [4.78, 5) is 12.1. The van der Waals surface area contributed by atoms with Crippen molar-refractivity contribution in [3.63, 3.8) is 0 Å². The van der Waals surface area contributed by atoms with Crippen LogP contribution in [0.3, 0.4) is 0 Å². The number of methoxy groups -OCH3 is 1. The molecule has 1 atom stereocenters. The van der Waals surface area contributed by atoms with Gasteiger partial charge < -0.3 is 19.9 Å². The van der Waals surface area contributed by atoms with Crippen molar-refractivity contribution in [2.45, 2.75) is 38.1 Å². The highest BCUT2D eigenvalue weighted by Crippen LogP contribution is 2.36. The highest BCUT2D eigenvalue weighted by Gasteiger charge is 2.24. The first-order valence-corrected chi connectivity index (χ1v) is 8.48. The molecule has 2 aromatic heterocycles. The molecule has 4 rings (SSSR count). The minimum absolute atomic E-state index is 0.0441. The third-order valence-electron chi connectivity index (χ3n) is 4.99. The molecule has 0 saturated heterocycles. The van der Waals surface area contributed by atoms with E-state index >= 15 is 0 Å². The van der Waals surface area contributed by atoms with Crippen molar-refractivity contribution in [1.29, 1.82) is 0 Å². The lowest BCUT2D eigenvalue weighted by Gasteiger charge is -2.26. The summed E-state index contributed by atoms with van der Waals surface area (Å²) in [5.74, 6) is 2.74. The van der Waals surface area contributed by atoms with E-state index in [4.69, 9.17) is 19.9 Å². The largest absolute Gasteiger partial charge is 0.496 e. The Bertz CT molecular complexity index is 819. The number of ether oxygens (including phenoxy) is 1. The van der Waals surface area contributed by atoms with Gasteiger partial charge in [-0.15, -0.1) is 0 Å². The van der Waals surface area contributed by atoms with Crippen LogP contribution in [-0.4, -0.2) is 22.1 Å². The summed E-state index contributed by atoms with van der Waals surface area (Å²) in [6.45, 7) is 0. The smallest absolute Gasteiger partial charge is 0.181 e. The number of oxazole rings is 1. The second-order valence-corrected chi connectivity index (χ2v) is 6.48. The monoisotopic (exact) mass is 326 g/mol. The molecule has 0 spiro atoms. The molecule has 1 aliphatic carbocycles. The molecule has 24 heavy (non-hydrogen) atoms. The molecule has 2 heterocycles. The molecule has 1 aliphatic rings. The van der Waals surface area contributed by atoms with Crippen molar-refractivity contribution in [3.8, 4) is 17.1 Å². The molecular formula is C18H22N4O2. The molecule has 0 bridgehead atoms. The summed E-state index contributed by atoms with van der Waals surface area (Å²) >= 11 is 0.